The topological polar surface area (TPSA) is 77.5 Å². The molecule has 0 bridgehead atoms. The fourth-order valence-corrected chi connectivity index (χ4v) is 1.80. The normalized spacial score (nSPS) is 12.7. The number of allylic oxidation sites excluding steroid dienone is 1. The first kappa shape index (κ1) is 18.7. The van der Waals surface area contributed by atoms with E-state index in [0.29, 0.717) is 12.8 Å². The van der Waals surface area contributed by atoms with Crippen LogP contribution in [0, 0.1) is 0 Å². The van der Waals surface area contributed by atoms with Crippen LogP contribution in [-0.2, 0) is 14.3 Å². The summed E-state index contributed by atoms with van der Waals surface area (Å²) >= 11 is 0. The highest BCUT2D eigenvalue weighted by Crippen LogP contribution is 2.09. The molecule has 0 aliphatic heterocycles. The molecular weight excluding hydrogens is 296 g/mol. The van der Waals surface area contributed by atoms with Crippen LogP contribution in [0.25, 0.3) is 6.08 Å². The van der Waals surface area contributed by atoms with E-state index >= 15 is 0 Å². The van der Waals surface area contributed by atoms with Gasteiger partial charge in [-0.2, -0.15) is 0 Å². The fourth-order valence-electron chi connectivity index (χ4n) is 1.80. The summed E-state index contributed by atoms with van der Waals surface area (Å²) in [7, 11) is 1.29. The number of rotatable bonds is 6. The van der Waals surface area contributed by atoms with Crippen molar-refractivity contribution in [3.8, 4) is 0 Å². The van der Waals surface area contributed by atoms with Gasteiger partial charge in [0.1, 0.15) is 11.6 Å². The van der Waals surface area contributed by atoms with Gasteiger partial charge in [-0.05, 0) is 45.2 Å². The van der Waals surface area contributed by atoms with Crippen LogP contribution in [0.3, 0.4) is 0 Å². The van der Waals surface area contributed by atoms with Gasteiger partial charge in [0.15, 0.2) is 0 Å². The van der Waals surface area contributed by atoms with Gasteiger partial charge < -0.3 is 14.8 Å². The minimum absolute atomic E-state index is 0.419. The summed E-state index contributed by atoms with van der Waals surface area (Å²) in [6.45, 7) is 5.28. The monoisotopic (exact) mass is 320 g/mol. The number of carbonyl (C=O) groups excluding carboxylic acids is 2. The second-order valence-electron chi connectivity index (χ2n) is 5.99. The van der Waals surface area contributed by atoms with Gasteiger partial charge in [0.2, 0.25) is 0 Å². The summed E-state index contributed by atoms with van der Waals surface area (Å²) in [5.74, 6) is -0.495. The van der Waals surface area contributed by atoms with E-state index in [1.807, 2.05) is 24.3 Å². The van der Waals surface area contributed by atoms with Crippen LogP contribution in [0.2, 0.25) is 0 Å². The maximum atomic E-state index is 11.8. The SMILES string of the molecule is COC(=O)[C@H](CC/C=C/c1cccnc1)NC(=O)OC(C)(C)C. The number of pyridine rings is 1. The molecule has 1 aromatic rings. The largest absolute Gasteiger partial charge is 0.467 e. The second-order valence-corrected chi connectivity index (χ2v) is 5.99. The Morgan fingerprint density at radius 2 is 2.13 bits per heavy atom. The molecule has 1 atom stereocenters. The third-order valence-corrected chi connectivity index (χ3v) is 2.79. The highest BCUT2D eigenvalue weighted by Gasteiger charge is 2.24. The van der Waals surface area contributed by atoms with E-state index in [-0.39, 0.29) is 0 Å². The van der Waals surface area contributed by atoms with E-state index in [2.05, 4.69) is 10.3 Å². The van der Waals surface area contributed by atoms with Gasteiger partial charge in [-0.1, -0.05) is 18.2 Å². The Balaban J connectivity index is 2.53. The van der Waals surface area contributed by atoms with E-state index in [1.165, 1.54) is 7.11 Å². The average molecular weight is 320 g/mol. The lowest BCUT2D eigenvalue weighted by molar-refractivity contribution is -0.143. The van der Waals surface area contributed by atoms with Crippen LogP contribution in [0.5, 0.6) is 0 Å². The van der Waals surface area contributed by atoms with Crippen molar-refractivity contribution in [2.24, 2.45) is 0 Å². The van der Waals surface area contributed by atoms with Crippen molar-refractivity contribution in [3.63, 3.8) is 0 Å². The van der Waals surface area contributed by atoms with Crippen LogP contribution >= 0.6 is 0 Å². The van der Waals surface area contributed by atoms with Crippen molar-refractivity contribution in [2.45, 2.75) is 45.3 Å². The third-order valence-electron chi connectivity index (χ3n) is 2.79. The Morgan fingerprint density at radius 3 is 2.70 bits per heavy atom. The highest BCUT2D eigenvalue weighted by molar-refractivity contribution is 5.81. The number of ether oxygens (including phenoxy) is 2. The zero-order chi connectivity index (χ0) is 17.3. The minimum atomic E-state index is -0.742. The van der Waals surface area contributed by atoms with Crippen molar-refractivity contribution >= 4 is 18.1 Å². The molecule has 1 aromatic heterocycles. The van der Waals surface area contributed by atoms with E-state index < -0.39 is 23.7 Å². The summed E-state index contributed by atoms with van der Waals surface area (Å²) in [4.78, 5) is 27.5. The molecule has 1 N–H and O–H groups in total. The van der Waals surface area contributed by atoms with E-state index in [1.54, 1.807) is 33.2 Å². The fraction of sp³-hybridized carbons (Fsp3) is 0.471. The zero-order valence-corrected chi connectivity index (χ0v) is 14.0. The Bertz CT molecular complexity index is 535. The average Bonchev–Trinajstić information content (AvgIpc) is 2.48. The predicted octanol–water partition coefficient (Wildman–Crippen LogP) is 2.94. The van der Waals surface area contributed by atoms with Crippen molar-refractivity contribution in [2.75, 3.05) is 7.11 Å². The van der Waals surface area contributed by atoms with Gasteiger partial charge in [-0.3, -0.25) is 4.98 Å². The van der Waals surface area contributed by atoms with E-state index in [0.717, 1.165) is 5.56 Å². The number of nitrogens with zero attached hydrogens (tertiary/aromatic N) is 1. The smallest absolute Gasteiger partial charge is 0.408 e. The molecule has 0 saturated heterocycles. The lowest BCUT2D eigenvalue weighted by Gasteiger charge is -2.22. The maximum absolute atomic E-state index is 11.8. The third kappa shape index (κ3) is 7.99. The van der Waals surface area contributed by atoms with Crippen LogP contribution in [0.4, 0.5) is 4.79 Å². The first-order valence-electron chi connectivity index (χ1n) is 7.46. The predicted molar refractivity (Wildman–Crippen MR) is 87.7 cm³/mol. The van der Waals surface area contributed by atoms with Crippen molar-refractivity contribution in [3.05, 3.63) is 36.2 Å². The first-order valence-corrected chi connectivity index (χ1v) is 7.46. The molecule has 1 amide bonds. The molecule has 0 unspecified atom stereocenters. The van der Waals surface area contributed by atoms with Crippen molar-refractivity contribution in [1.29, 1.82) is 0 Å². The molecule has 0 spiro atoms. The van der Waals surface area contributed by atoms with E-state index in [9.17, 15) is 9.59 Å². The van der Waals surface area contributed by atoms with Crippen LogP contribution in [0.15, 0.2) is 30.6 Å². The number of alkyl carbamates (subject to hydrolysis) is 1. The molecule has 0 aliphatic carbocycles. The molecule has 6 heteroatoms. The minimum Gasteiger partial charge on any atom is -0.467 e. The molecule has 1 heterocycles. The summed E-state index contributed by atoms with van der Waals surface area (Å²) in [5.41, 5.74) is 0.354. The number of aromatic nitrogens is 1. The molecule has 0 saturated carbocycles. The number of hydrogen-bond donors (Lipinski definition) is 1. The first-order chi connectivity index (χ1) is 10.8. The summed E-state index contributed by atoms with van der Waals surface area (Å²) in [6.07, 6.45) is 7.66. The van der Waals surface area contributed by atoms with Gasteiger partial charge in [-0.25, -0.2) is 9.59 Å². The van der Waals surface area contributed by atoms with Crippen LogP contribution in [0.1, 0.15) is 39.2 Å². The number of esters is 1. The van der Waals surface area contributed by atoms with Crippen molar-refractivity contribution < 1.29 is 19.1 Å². The molecule has 0 aromatic carbocycles. The molecule has 6 nitrogen and oxygen atoms in total. The molecule has 126 valence electrons. The number of methoxy groups -OCH3 is 1. The Labute approximate surface area is 136 Å². The number of hydrogen-bond acceptors (Lipinski definition) is 5. The molecule has 0 fully saturated rings. The molecule has 23 heavy (non-hydrogen) atoms. The van der Waals surface area contributed by atoms with Gasteiger partial charge in [0, 0.05) is 12.4 Å². The Kier molecular flexibility index (Phi) is 7.25. The van der Waals surface area contributed by atoms with Gasteiger partial charge >= 0.3 is 12.1 Å². The number of carbonyl (C=O) groups is 2. The highest BCUT2D eigenvalue weighted by atomic mass is 16.6. The summed E-state index contributed by atoms with van der Waals surface area (Å²) in [6, 6.07) is 3.04. The Hall–Kier alpha value is -2.37. The lowest BCUT2D eigenvalue weighted by atomic mass is 10.1. The van der Waals surface area contributed by atoms with Crippen LogP contribution in [-0.4, -0.2) is 35.8 Å². The number of amides is 1. The van der Waals surface area contributed by atoms with Gasteiger partial charge in [0.25, 0.3) is 0 Å². The molecule has 0 radical (unpaired) electrons. The quantitative estimate of drug-likeness (QED) is 0.815. The second kappa shape index (κ2) is 8.92. The van der Waals surface area contributed by atoms with Crippen molar-refractivity contribution in [1.82, 2.24) is 10.3 Å². The van der Waals surface area contributed by atoms with Gasteiger partial charge in [-0.15, -0.1) is 0 Å². The molecule has 1 rings (SSSR count). The van der Waals surface area contributed by atoms with Gasteiger partial charge in [0.05, 0.1) is 7.11 Å². The van der Waals surface area contributed by atoms with E-state index in [4.69, 9.17) is 9.47 Å². The lowest BCUT2D eigenvalue weighted by Crippen LogP contribution is -2.43. The zero-order valence-electron chi connectivity index (χ0n) is 14.0. The van der Waals surface area contributed by atoms with Crippen LogP contribution < -0.4 is 5.32 Å². The summed E-state index contributed by atoms with van der Waals surface area (Å²) in [5, 5.41) is 2.54. The standard InChI is InChI=1S/C17H24N2O4/c1-17(2,3)23-16(21)19-14(15(20)22-4)10-6-5-8-13-9-7-11-18-12-13/h5,7-9,11-12,14H,6,10H2,1-4H3,(H,19,21)/b8-5+/t14-/m0/s1. The Morgan fingerprint density at radius 1 is 1.39 bits per heavy atom. The summed E-state index contributed by atoms with van der Waals surface area (Å²) < 4.78 is 9.87. The maximum Gasteiger partial charge on any atom is 0.408 e. The molecule has 0 aliphatic rings. The number of nitrogens with one attached hydrogen (secondary N) is 1. The molecular formula is C17H24N2O4.